The van der Waals surface area contributed by atoms with Crippen LogP contribution in [-0.2, 0) is 13.1 Å². The summed E-state index contributed by atoms with van der Waals surface area (Å²) >= 11 is 3.48. The van der Waals surface area contributed by atoms with Crippen molar-refractivity contribution in [3.8, 4) is 5.75 Å². The van der Waals surface area contributed by atoms with Gasteiger partial charge in [0.1, 0.15) is 11.6 Å². The highest BCUT2D eigenvalue weighted by molar-refractivity contribution is 9.10. The molecule has 0 aliphatic rings. The number of halogens is 1. The Labute approximate surface area is 131 Å². The Morgan fingerprint density at radius 3 is 2.67 bits per heavy atom. The van der Waals surface area contributed by atoms with Crippen LogP contribution in [0.4, 0.5) is 5.69 Å². The highest BCUT2D eigenvalue weighted by atomic mass is 79.9. The SMILES string of the molecule is CCn1c(CNc2ccc(O)cc2)nc2cc(Br)ccc21. The first-order chi connectivity index (χ1) is 10.2. The van der Waals surface area contributed by atoms with E-state index in [0.29, 0.717) is 6.54 Å². The Hall–Kier alpha value is -2.01. The van der Waals surface area contributed by atoms with Gasteiger partial charge in [0.25, 0.3) is 0 Å². The second-order valence-electron chi connectivity index (χ2n) is 4.81. The van der Waals surface area contributed by atoms with Gasteiger partial charge in [0.05, 0.1) is 17.6 Å². The molecule has 0 aliphatic heterocycles. The van der Waals surface area contributed by atoms with Crippen LogP contribution in [0.2, 0.25) is 0 Å². The van der Waals surface area contributed by atoms with Crippen molar-refractivity contribution in [3.05, 3.63) is 52.8 Å². The molecule has 0 aliphatic carbocycles. The summed E-state index contributed by atoms with van der Waals surface area (Å²) < 4.78 is 3.24. The molecule has 0 spiro atoms. The number of rotatable bonds is 4. The number of aryl methyl sites for hydroxylation is 1. The zero-order valence-electron chi connectivity index (χ0n) is 11.7. The molecule has 21 heavy (non-hydrogen) atoms. The fourth-order valence-corrected chi connectivity index (χ4v) is 2.75. The third-order valence-electron chi connectivity index (χ3n) is 3.42. The third kappa shape index (κ3) is 2.88. The molecule has 2 N–H and O–H groups in total. The molecule has 0 fully saturated rings. The van der Waals surface area contributed by atoms with Crippen LogP contribution in [0, 0.1) is 0 Å². The Kier molecular flexibility index (Phi) is 3.84. The van der Waals surface area contributed by atoms with E-state index in [4.69, 9.17) is 4.98 Å². The summed E-state index contributed by atoms with van der Waals surface area (Å²) in [4.78, 5) is 4.70. The average molecular weight is 346 g/mol. The molecule has 108 valence electrons. The first-order valence-electron chi connectivity index (χ1n) is 6.85. The lowest BCUT2D eigenvalue weighted by atomic mass is 10.3. The first-order valence-corrected chi connectivity index (χ1v) is 7.64. The predicted octanol–water partition coefficient (Wildman–Crippen LogP) is 4.14. The van der Waals surface area contributed by atoms with Crippen molar-refractivity contribution in [2.45, 2.75) is 20.0 Å². The summed E-state index contributed by atoms with van der Waals surface area (Å²) in [6.07, 6.45) is 0. The summed E-state index contributed by atoms with van der Waals surface area (Å²) in [5.41, 5.74) is 3.10. The minimum absolute atomic E-state index is 0.270. The van der Waals surface area contributed by atoms with E-state index < -0.39 is 0 Å². The first kappa shape index (κ1) is 13.9. The minimum Gasteiger partial charge on any atom is -0.508 e. The number of hydrogen-bond donors (Lipinski definition) is 2. The van der Waals surface area contributed by atoms with Crippen LogP contribution < -0.4 is 5.32 Å². The van der Waals surface area contributed by atoms with Crippen LogP contribution in [0.5, 0.6) is 5.75 Å². The second kappa shape index (κ2) is 5.77. The molecule has 5 heteroatoms. The number of imidazole rings is 1. The molecule has 0 atom stereocenters. The van der Waals surface area contributed by atoms with Crippen LogP contribution in [0.25, 0.3) is 11.0 Å². The molecule has 0 amide bonds. The molecule has 0 bridgehead atoms. The van der Waals surface area contributed by atoms with Gasteiger partial charge >= 0.3 is 0 Å². The van der Waals surface area contributed by atoms with Gasteiger partial charge in [0.2, 0.25) is 0 Å². The number of phenolic OH excluding ortho intramolecular Hbond substituents is 1. The molecule has 3 rings (SSSR count). The lowest BCUT2D eigenvalue weighted by molar-refractivity contribution is 0.475. The molecule has 4 nitrogen and oxygen atoms in total. The molecule has 1 heterocycles. The lowest BCUT2D eigenvalue weighted by Gasteiger charge is -2.08. The largest absolute Gasteiger partial charge is 0.508 e. The number of nitrogens with one attached hydrogen (secondary N) is 1. The van der Waals surface area contributed by atoms with Crippen molar-refractivity contribution in [1.82, 2.24) is 9.55 Å². The van der Waals surface area contributed by atoms with Gasteiger partial charge in [-0.3, -0.25) is 0 Å². The summed E-state index contributed by atoms with van der Waals surface area (Å²) in [5, 5.41) is 12.6. The molecule has 0 radical (unpaired) electrons. The number of aromatic hydroxyl groups is 1. The Balaban J connectivity index is 1.87. The molecule has 0 unspecified atom stereocenters. The maximum absolute atomic E-state index is 9.30. The van der Waals surface area contributed by atoms with E-state index in [0.717, 1.165) is 33.6 Å². The zero-order valence-corrected chi connectivity index (χ0v) is 13.3. The van der Waals surface area contributed by atoms with Gasteiger partial charge in [-0.15, -0.1) is 0 Å². The van der Waals surface area contributed by atoms with Gasteiger partial charge in [-0.25, -0.2) is 4.98 Å². The summed E-state index contributed by atoms with van der Waals surface area (Å²) in [7, 11) is 0. The molecule has 0 saturated carbocycles. The van der Waals surface area contributed by atoms with Crippen LogP contribution in [0.1, 0.15) is 12.7 Å². The average Bonchev–Trinajstić information content (AvgIpc) is 2.83. The van der Waals surface area contributed by atoms with Crippen LogP contribution in [0.15, 0.2) is 46.9 Å². The standard InChI is InChI=1S/C16H16BrN3O/c1-2-20-15-8-3-11(17)9-14(15)19-16(20)10-18-12-4-6-13(21)7-5-12/h3-9,18,21H,2,10H2,1H3. The third-order valence-corrected chi connectivity index (χ3v) is 3.92. The van der Waals surface area contributed by atoms with Crippen molar-refractivity contribution < 1.29 is 5.11 Å². The van der Waals surface area contributed by atoms with E-state index in [1.54, 1.807) is 12.1 Å². The summed E-state index contributed by atoms with van der Waals surface area (Å²) in [5.74, 6) is 1.27. The normalized spacial score (nSPS) is 11.0. The summed E-state index contributed by atoms with van der Waals surface area (Å²) in [6, 6.07) is 13.2. The quantitative estimate of drug-likeness (QED) is 0.698. The molecular formula is C16H16BrN3O. The Bertz CT molecular complexity index is 765. The van der Waals surface area contributed by atoms with Crippen molar-refractivity contribution in [2.75, 3.05) is 5.32 Å². The van der Waals surface area contributed by atoms with Crippen molar-refractivity contribution in [2.24, 2.45) is 0 Å². The fourth-order valence-electron chi connectivity index (χ4n) is 2.40. The number of fused-ring (bicyclic) bond motifs is 1. The molecular weight excluding hydrogens is 330 g/mol. The van der Waals surface area contributed by atoms with E-state index in [1.165, 1.54) is 0 Å². The van der Waals surface area contributed by atoms with Crippen LogP contribution >= 0.6 is 15.9 Å². The van der Waals surface area contributed by atoms with Gasteiger partial charge in [-0.05, 0) is 49.4 Å². The van der Waals surface area contributed by atoms with Gasteiger partial charge in [-0.2, -0.15) is 0 Å². The van der Waals surface area contributed by atoms with E-state index >= 15 is 0 Å². The molecule has 0 saturated heterocycles. The second-order valence-corrected chi connectivity index (χ2v) is 5.72. The number of nitrogens with zero attached hydrogens (tertiary/aromatic N) is 2. The highest BCUT2D eigenvalue weighted by Gasteiger charge is 2.09. The molecule has 3 aromatic rings. The fraction of sp³-hybridized carbons (Fsp3) is 0.188. The number of hydrogen-bond acceptors (Lipinski definition) is 3. The van der Waals surface area contributed by atoms with Crippen molar-refractivity contribution in [1.29, 1.82) is 0 Å². The Morgan fingerprint density at radius 1 is 1.19 bits per heavy atom. The lowest BCUT2D eigenvalue weighted by Crippen LogP contribution is -2.07. The number of benzene rings is 2. The monoisotopic (exact) mass is 345 g/mol. The highest BCUT2D eigenvalue weighted by Crippen LogP contribution is 2.22. The van der Waals surface area contributed by atoms with Gasteiger partial charge < -0.3 is 15.0 Å². The van der Waals surface area contributed by atoms with Gasteiger partial charge in [0.15, 0.2) is 0 Å². The maximum Gasteiger partial charge on any atom is 0.129 e. The van der Waals surface area contributed by atoms with Crippen molar-refractivity contribution >= 4 is 32.7 Å². The van der Waals surface area contributed by atoms with E-state index in [2.05, 4.69) is 38.8 Å². The molecule has 1 aromatic heterocycles. The summed E-state index contributed by atoms with van der Waals surface area (Å²) in [6.45, 7) is 3.64. The van der Waals surface area contributed by atoms with Crippen LogP contribution in [-0.4, -0.2) is 14.7 Å². The maximum atomic E-state index is 9.30. The number of anilines is 1. The Morgan fingerprint density at radius 2 is 1.95 bits per heavy atom. The van der Waals surface area contributed by atoms with Crippen LogP contribution in [0.3, 0.4) is 0 Å². The smallest absolute Gasteiger partial charge is 0.129 e. The van der Waals surface area contributed by atoms with E-state index in [9.17, 15) is 5.11 Å². The predicted molar refractivity (Wildman–Crippen MR) is 88.5 cm³/mol. The topological polar surface area (TPSA) is 50.1 Å². The minimum atomic E-state index is 0.270. The van der Waals surface area contributed by atoms with Crippen molar-refractivity contribution in [3.63, 3.8) is 0 Å². The van der Waals surface area contributed by atoms with Gasteiger partial charge in [-0.1, -0.05) is 15.9 Å². The number of phenols is 1. The number of aromatic nitrogens is 2. The van der Waals surface area contributed by atoms with Gasteiger partial charge in [0, 0.05) is 16.7 Å². The van der Waals surface area contributed by atoms with E-state index in [1.807, 2.05) is 24.3 Å². The zero-order chi connectivity index (χ0) is 14.8. The molecule has 2 aromatic carbocycles. The van der Waals surface area contributed by atoms with E-state index in [-0.39, 0.29) is 5.75 Å².